The van der Waals surface area contributed by atoms with Crippen LogP contribution in [0.2, 0.25) is 0 Å². The van der Waals surface area contributed by atoms with Crippen molar-refractivity contribution in [3.05, 3.63) is 0 Å². The molecule has 0 aromatic rings. The molecule has 0 radical (unpaired) electrons. The van der Waals surface area contributed by atoms with Gasteiger partial charge in [0.2, 0.25) is 47.3 Å². The molecule has 15 unspecified atom stereocenters. The van der Waals surface area contributed by atoms with Crippen molar-refractivity contribution < 1.29 is 200 Å². The van der Waals surface area contributed by atoms with E-state index in [1.807, 2.05) is 0 Å². The van der Waals surface area contributed by atoms with Crippen LogP contribution in [0.15, 0.2) is 0 Å². The van der Waals surface area contributed by atoms with Crippen LogP contribution >= 0.6 is 0 Å². The summed E-state index contributed by atoms with van der Waals surface area (Å²) in [5.41, 5.74) is 0. The molecule has 0 bridgehead atoms. The van der Waals surface area contributed by atoms with Gasteiger partial charge in [-0.15, -0.1) is 0 Å². The summed E-state index contributed by atoms with van der Waals surface area (Å²) in [6.45, 7) is 12.0. The van der Waals surface area contributed by atoms with Crippen LogP contribution in [0.4, 0.5) is 0 Å². The first kappa shape index (κ1) is 114. The molecule has 0 aromatic carbocycles. The molecule has 0 aromatic heterocycles. The van der Waals surface area contributed by atoms with Crippen LogP contribution in [0.1, 0.15) is 115 Å². The van der Waals surface area contributed by atoms with Gasteiger partial charge in [-0.1, -0.05) is 0 Å². The number of ether oxygens (including phenoxy) is 24. The first-order chi connectivity index (χ1) is 61.5. The SMILES string of the molecule is CC(=O)NC1C(OCCOCCNC(=O)CC[C@H](NC(=O)CC[C@H](NC(=O)CCOCCOCCOCCOCCOCCOCCO)C(=O)NCCOCCOC2OC(COC(C)=O)C(OC(C)=O)C(OC(C)=O)C2NC(C)=O)C(=O)NCCOCCOC2OC(COC(C)=O)C(OC(C)=O)C(OC(C)=O)C2NC(C)=O)OC(COC(C)=O)C(OC(C)=O)C1OC(C)=O. The first-order valence-corrected chi connectivity index (χ1v) is 41.8. The van der Waals surface area contributed by atoms with Crippen molar-refractivity contribution in [2.75, 3.05) is 185 Å². The Hall–Kier alpha value is -9.65. The summed E-state index contributed by atoms with van der Waals surface area (Å²) in [4.78, 5) is 216. The summed E-state index contributed by atoms with van der Waals surface area (Å²) in [7, 11) is 0. The molecule has 8 amide bonds. The lowest BCUT2D eigenvalue weighted by Crippen LogP contribution is -2.66. The molecule has 17 atom stereocenters. The maximum absolute atomic E-state index is 14.1. The Bertz CT molecular complexity index is 3470. The number of rotatable bonds is 66. The minimum atomic E-state index is -1.46. The predicted octanol–water partition coefficient (Wildman–Crippen LogP) is -5.59. The Kier molecular flexibility index (Phi) is 57.9. The lowest BCUT2D eigenvalue weighted by atomic mass is 9.96. The van der Waals surface area contributed by atoms with Crippen molar-refractivity contribution in [3.8, 4) is 0 Å². The lowest BCUT2D eigenvalue weighted by Gasteiger charge is -2.44. The number of hydrogen-bond donors (Lipinski definition) is 9. The second-order valence-corrected chi connectivity index (χ2v) is 28.5. The van der Waals surface area contributed by atoms with E-state index in [9.17, 15) is 81.5 Å². The highest BCUT2D eigenvalue weighted by atomic mass is 16.7. The van der Waals surface area contributed by atoms with Crippen molar-refractivity contribution in [2.24, 2.45) is 0 Å². The number of carbonyl (C=O) groups is 17. The van der Waals surface area contributed by atoms with Crippen LogP contribution in [0.25, 0.3) is 0 Å². The van der Waals surface area contributed by atoms with Gasteiger partial charge in [0, 0.05) is 122 Å². The van der Waals surface area contributed by atoms with E-state index in [4.69, 9.17) is 119 Å². The van der Waals surface area contributed by atoms with Crippen molar-refractivity contribution in [3.63, 3.8) is 0 Å². The zero-order valence-corrected chi connectivity index (χ0v) is 74.8. The zero-order chi connectivity index (χ0) is 95.6. The molecule has 0 spiro atoms. The van der Waals surface area contributed by atoms with Crippen LogP contribution in [0.5, 0.6) is 0 Å². The smallest absolute Gasteiger partial charge is 0.303 e. The Morgan fingerprint density at radius 2 is 0.527 bits per heavy atom. The largest absolute Gasteiger partial charge is 0.463 e. The molecule has 50 heteroatoms. The van der Waals surface area contributed by atoms with E-state index >= 15 is 0 Å². The molecule has 3 fully saturated rings. The van der Waals surface area contributed by atoms with Crippen molar-refractivity contribution >= 4 is 101 Å². The molecule has 129 heavy (non-hydrogen) atoms. The third-order valence-corrected chi connectivity index (χ3v) is 17.6. The van der Waals surface area contributed by atoms with Crippen molar-refractivity contribution in [2.45, 2.75) is 219 Å². The van der Waals surface area contributed by atoms with E-state index in [-0.39, 0.29) is 145 Å². The molecule has 3 aliphatic heterocycles. The average Bonchev–Trinajstić information content (AvgIpc) is 0.796. The molecule has 736 valence electrons. The van der Waals surface area contributed by atoms with E-state index < -0.39 is 238 Å². The standard InChI is InChI=1S/C79H128N8O42/c1-46(89)83-66-72(124-55(10)98)69(121-52(7)95)60(43-118-49(4)92)127-77(66)115-40-37-107-23-18-80-63(101)15-13-58(75(104)81-19-24-108-38-41-116-78-67(84-47(2)90)73(125-56(11)99)70(122-53(8)96)61(128-78)44-119-50(5)93)86-64(102)16-14-59(87-65(103)17-22-106-27-29-111-31-33-113-35-36-114-34-32-112-30-28-110-26-21-88)76(105)82-20-25-109-39-42-117-79-68(85-48(3)91)74(126-57(12)100)71(123-54(9)97)62(129-79)45-120-51(6)94/h58-62,66-74,77-79,88H,13-45H2,1-12H3,(H,80,101)(H,81,104)(H,82,105)(H,83,89)(H,84,90)(H,85,91)(H,86,102)(H,87,103)/t58-,59-,60?,61?,62?,66?,67?,68?,69?,70?,71?,72?,73?,74?,77?,78?,79?/m0/s1. The summed E-state index contributed by atoms with van der Waals surface area (Å²) in [5, 5.41) is 29.6. The Labute approximate surface area is 745 Å². The highest BCUT2D eigenvalue weighted by molar-refractivity contribution is 5.90. The van der Waals surface area contributed by atoms with Crippen LogP contribution in [-0.4, -0.2) is 395 Å². The molecule has 50 nitrogen and oxygen atoms in total. The van der Waals surface area contributed by atoms with Gasteiger partial charge in [-0.05, 0) is 12.8 Å². The molecule has 3 heterocycles. The number of aliphatic hydroxyl groups is 1. The van der Waals surface area contributed by atoms with E-state index in [0.717, 1.165) is 83.1 Å². The Balaban J connectivity index is 1.80. The minimum absolute atomic E-state index is 0.0640. The molecule has 9 N–H and O–H groups in total. The number of nitrogens with one attached hydrogen (secondary N) is 8. The van der Waals surface area contributed by atoms with E-state index in [1.54, 1.807) is 0 Å². The van der Waals surface area contributed by atoms with Crippen LogP contribution in [0.3, 0.4) is 0 Å². The van der Waals surface area contributed by atoms with E-state index in [2.05, 4.69) is 42.5 Å². The van der Waals surface area contributed by atoms with Gasteiger partial charge in [-0.2, -0.15) is 0 Å². The van der Waals surface area contributed by atoms with E-state index in [1.165, 1.54) is 0 Å². The number of aliphatic hydroxyl groups excluding tert-OH is 1. The maximum atomic E-state index is 14.1. The fourth-order valence-corrected chi connectivity index (χ4v) is 12.4. The average molecular weight is 1860 g/mol. The number of carbonyl (C=O) groups excluding carboxylic acids is 17. The predicted molar refractivity (Wildman–Crippen MR) is 430 cm³/mol. The normalized spacial score (nSPS) is 22.1. The van der Waals surface area contributed by atoms with Gasteiger partial charge >= 0.3 is 53.7 Å². The summed E-state index contributed by atoms with van der Waals surface area (Å²) < 4.78 is 134. The molecule has 3 rings (SSSR count). The zero-order valence-electron chi connectivity index (χ0n) is 74.8. The van der Waals surface area contributed by atoms with Crippen LogP contribution in [0, 0.1) is 0 Å². The quantitative estimate of drug-likeness (QED) is 0.0156. The second-order valence-electron chi connectivity index (χ2n) is 28.5. The first-order valence-electron chi connectivity index (χ1n) is 41.8. The topological polar surface area (TPSA) is 628 Å². The second kappa shape index (κ2) is 65.8. The molecule has 3 aliphatic rings. The highest BCUT2D eigenvalue weighted by Gasteiger charge is 2.54. The van der Waals surface area contributed by atoms with Gasteiger partial charge in [0.1, 0.15) is 68.3 Å². The molecule has 0 saturated carbocycles. The summed E-state index contributed by atoms with van der Waals surface area (Å²) in [5.74, 6) is -12.7. The van der Waals surface area contributed by atoms with Gasteiger partial charge < -0.3 is 161 Å². The van der Waals surface area contributed by atoms with Crippen LogP contribution in [-0.2, 0) is 195 Å². The fourth-order valence-electron chi connectivity index (χ4n) is 12.4. The van der Waals surface area contributed by atoms with Crippen molar-refractivity contribution in [1.82, 2.24) is 42.5 Å². The summed E-state index contributed by atoms with van der Waals surface area (Å²) in [6, 6.07) is -6.73. The van der Waals surface area contributed by atoms with Gasteiger partial charge in [0.15, 0.2) is 55.5 Å². The monoisotopic (exact) mass is 1860 g/mol. The molecular weight excluding hydrogens is 1730 g/mol. The Morgan fingerprint density at radius 1 is 0.279 bits per heavy atom. The fraction of sp³-hybridized carbons (Fsp3) is 0.785. The molecule has 3 saturated heterocycles. The summed E-state index contributed by atoms with van der Waals surface area (Å²) in [6.07, 6.45) is -18.3. The van der Waals surface area contributed by atoms with Crippen LogP contribution < -0.4 is 42.5 Å². The number of amides is 8. The Morgan fingerprint density at radius 3 is 0.806 bits per heavy atom. The molecular formula is C79H128N8O42. The van der Waals surface area contributed by atoms with E-state index in [0.29, 0.717) is 39.6 Å². The lowest BCUT2D eigenvalue weighted by molar-refractivity contribution is -0.279. The van der Waals surface area contributed by atoms with Gasteiger partial charge in [0.05, 0.1) is 145 Å². The maximum Gasteiger partial charge on any atom is 0.303 e. The number of hydrogen-bond acceptors (Lipinski definition) is 42. The third-order valence-electron chi connectivity index (χ3n) is 17.6. The highest BCUT2D eigenvalue weighted by Crippen LogP contribution is 2.32. The van der Waals surface area contributed by atoms with Gasteiger partial charge in [-0.3, -0.25) is 81.5 Å². The number of esters is 9. The minimum Gasteiger partial charge on any atom is -0.463 e. The summed E-state index contributed by atoms with van der Waals surface area (Å²) >= 11 is 0. The molecule has 0 aliphatic carbocycles. The third kappa shape index (κ3) is 50.4. The van der Waals surface area contributed by atoms with Gasteiger partial charge in [-0.25, -0.2) is 0 Å². The van der Waals surface area contributed by atoms with Gasteiger partial charge in [0.25, 0.3) is 0 Å². The van der Waals surface area contributed by atoms with Crippen molar-refractivity contribution in [1.29, 1.82) is 0 Å².